The SMILES string of the molecule is CN(C)CCCNc1ccc(NC(=O)c2ccc3c(c2)OCO3)cn1. The molecule has 0 saturated carbocycles. The predicted molar refractivity (Wildman–Crippen MR) is 96.4 cm³/mol. The van der Waals surface area contributed by atoms with Gasteiger partial charge in [0, 0.05) is 12.1 Å². The first kappa shape index (κ1) is 17.0. The van der Waals surface area contributed by atoms with Crippen molar-refractivity contribution in [2.24, 2.45) is 0 Å². The average Bonchev–Trinajstić information content (AvgIpc) is 3.07. The first-order valence-corrected chi connectivity index (χ1v) is 8.17. The van der Waals surface area contributed by atoms with Crippen LogP contribution < -0.4 is 20.1 Å². The van der Waals surface area contributed by atoms with E-state index in [2.05, 4.69) is 34.6 Å². The molecule has 0 fully saturated rings. The van der Waals surface area contributed by atoms with Gasteiger partial charge in [-0.1, -0.05) is 0 Å². The molecule has 7 nitrogen and oxygen atoms in total. The lowest BCUT2D eigenvalue weighted by Gasteiger charge is -2.10. The Labute approximate surface area is 147 Å². The monoisotopic (exact) mass is 342 g/mol. The molecule has 1 amide bonds. The van der Waals surface area contributed by atoms with Crippen molar-refractivity contribution in [1.29, 1.82) is 0 Å². The van der Waals surface area contributed by atoms with Gasteiger partial charge in [0.1, 0.15) is 5.82 Å². The van der Waals surface area contributed by atoms with Crippen LogP contribution in [0.2, 0.25) is 0 Å². The molecule has 2 aromatic rings. The minimum Gasteiger partial charge on any atom is -0.454 e. The molecular formula is C18H22N4O3. The second-order valence-electron chi connectivity index (χ2n) is 6.04. The Morgan fingerprint density at radius 2 is 2.04 bits per heavy atom. The van der Waals surface area contributed by atoms with Gasteiger partial charge in [-0.3, -0.25) is 4.79 Å². The van der Waals surface area contributed by atoms with Crippen LogP contribution in [0.5, 0.6) is 11.5 Å². The van der Waals surface area contributed by atoms with Gasteiger partial charge in [0.05, 0.1) is 11.9 Å². The number of fused-ring (bicyclic) bond motifs is 1. The number of pyridine rings is 1. The fourth-order valence-corrected chi connectivity index (χ4v) is 2.43. The van der Waals surface area contributed by atoms with E-state index in [4.69, 9.17) is 9.47 Å². The van der Waals surface area contributed by atoms with E-state index in [1.165, 1.54) is 0 Å². The van der Waals surface area contributed by atoms with Crippen LogP contribution in [0.15, 0.2) is 36.5 Å². The maximum Gasteiger partial charge on any atom is 0.255 e. The highest BCUT2D eigenvalue weighted by Crippen LogP contribution is 2.32. The van der Waals surface area contributed by atoms with Crippen LogP contribution in [-0.4, -0.2) is 49.8 Å². The summed E-state index contributed by atoms with van der Waals surface area (Å²) in [5.41, 5.74) is 1.15. The summed E-state index contributed by atoms with van der Waals surface area (Å²) in [7, 11) is 4.10. The first-order valence-electron chi connectivity index (χ1n) is 8.17. The Kier molecular flexibility index (Phi) is 5.35. The number of amides is 1. The lowest BCUT2D eigenvalue weighted by molar-refractivity contribution is 0.102. The number of benzene rings is 1. The van der Waals surface area contributed by atoms with Crippen LogP contribution in [0.1, 0.15) is 16.8 Å². The van der Waals surface area contributed by atoms with E-state index in [1.807, 2.05) is 12.1 Å². The van der Waals surface area contributed by atoms with Crippen molar-refractivity contribution in [3.63, 3.8) is 0 Å². The van der Waals surface area contributed by atoms with Crippen molar-refractivity contribution in [3.05, 3.63) is 42.1 Å². The second-order valence-corrected chi connectivity index (χ2v) is 6.04. The van der Waals surface area contributed by atoms with Crippen LogP contribution in [0.25, 0.3) is 0 Å². The molecule has 2 N–H and O–H groups in total. The van der Waals surface area contributed by atoms with E-state index in [-0.39, 0.29) is 12.7 Å². The number of anilines is 2. The van der Waals surface area contributed by atoms with Crippen LogP contribution in [0.3, 0.4) is 0 Å². The quantitative estimate of drug-likeness (QED) is 0.753. The van der Waals surface area contributed by atoms with E-state index in [0.29, 0.717) is 22.7 Å². The van der Waals surface area contributed by atoms with Gasteiger partial charge in [-0.15, -0.1) is 0 Å². The summed E-state index contributed by atoms with van der Waals surface area (Å²) in [6.07, 6.45) is 2.68. The van der Waals surface area contributed by atoms with Gasteiger partial charge < -0.3 is 25.0 Å². The topological polar surface area (TPSA) is 75.7 Å². The molecule has 3 rings (SSSR count). The molecule has 132 valence electrons. The number of hydrogen-bond donors (Lipinski definition) is 2. The molecule has 0 atom stereocenters. The van der Waals surface area contributed by atoms with Gasteiger partial charge in [0.25, 0.3) is 5.91 Å². The summed E-state index contributed by atoms with van der Waals surface area (Å²) in [5.74, 6) is 1.82. The molecule has 0 bridgehead atoms. The number of carbonyl (C=O) groups excluding carboxylic acids is 1. The Morgan fingerprint density at radius 1 is 1.20 bits per heavy atom. The Balaban J connectivity index is 1.53. The van der Waals surface area contributed by atoms with Gasteiger partial charge >= 0.3 is 0 Å². The number of hydrogen-bond acceptors (Lipinski definition) is 6. The van der Waals surface area contributed by atoms with Crippen LogP contribution in [0.4, 0.5) is 11.5 Å². The van der Waals surface area contributed by atoms with E-state index in [9.17, 15) is 4.79 Å². The van der Waals surface area contributed by atoms with E-state index in [1.54, 1.807) is 24.4 Å². The summed E-state index contributed by atoms with van der Waals surface area (Å²) >= 11 is 0. The Morgan fingerprint density at radius 3 is 2.80 bits per heavy atom. The van der Waals surface area contributed by atoms with E-state index < -0.39 is 0 Å². The van der Waals surface area contributed by atoms with Crippen molar-refractivity contribution in [3.8, 4) is 11.5 Å². The number of ether oxygens (including phenoxy) is 2. The van der Waals surface area contributed by atoms with Crippen LogP contribution in [-0.2, 0) is 0 Å². The summed E-state index contributed by atoms with van der Waals surface area (Å²) in [6.45, 7) is 2.07. The zero-order valence-corrected chi connectivity index (χ0v) is 14.4. The zero-order chi connectivity index (χ0) is 17.6. The summed E-state index contributed by atoms with van der Waals surface area (Å²) in [5, 5.41) is 6.09. The lowest BCUT2D eigenvalue weighted by Crippen LogP contribution is -2.16. The Bertz CT molecular complexity index is 732. The van der Waals surface area contributed by atoms with Gasteiger partial charge in [0.2, 0.25) is 6.79 Å². The highest BCUT2D eigenvalue weighted by atomic mass is 16.7. The summed E-state index contributed by atoms with van der Waals surface area (Å²) in [6, 6.07) is 8.79. The van der Waals surface area contributed by atoms with Crippen molar-refractivity contribution in [2.45, 2.75) is 6.42 Å². The number of rotatable bonds is 7. The van der Waals surface area contributed by atoms with E-state index in [0.717, 1.165) is 25.3 Å². The predicted octanol–water partition coefficient (Wildman–Crippen LogP) is 2.43. The van der Waals surface area contributed by atoms with Gasteiger partial charge in [0.15, 0.2) is 11.5 Å². The maximum atomic E-state index is 12.3. The zero-order valence-electron chi connectivity index (χ0n) is 14.4. The maximum absolute atomic E-state index is 12.3. The molecule has 0 saturated heterocycles. The molecular weight excluding hydrogens is 320 g/mol. The molecule has 1 aliphatic heterocycles. The van der Waals surface area contributed by atoms with Crippen LogP contribution >= 0.6 is 0 Å². The summed E-state index contributed by atoms with van der Waals surface area (Å²) < 4.78 is 10.5. The fraction of sp³-hybridized carbons (Fsp3) is 0.333. The average molecular weight is 342 g/mol. The van der Waals surface area contributed by atoms with E-state index >= 15 is 0 Å². The van der Waals surface area contributed by atoms with Crippen LogP contribution in [0, 0.1) is 0 Å². The van der Waals surface area contributed by atoms with Gasteiger partial charge in [-0.05, 0) is 57.4 Å². The van der Waals surface area contributed by atoms with Crippen molar-refractivity contribution in [1.82, 2.24) is 9.88 Å². The first-order chi connectivity index (χ1) is 12.1. The Hall–Kier alpha value is -2.80. The molecule has 0 spiro atoms. The fourth-order valence-electron chi connectivity index (χ4n) is 2.43. The number of carbonyl (C=O) groups is 1. The molecule has 1 aromatic heterocycles. The molecule has 25 heavy (non-hydrogen) atoms. The molecule has 2 heterocycles. The minimum absolute atomic E-state index is 0.188. The van der Waals surface area contributed by atoms with Crippen molar-refractivity contribution in [2.75, 3.05) is 44.6 Å². The second kappa shape index (κ2) is 7.85. The van der Waals surface area contributed by atoms with Gasteiger partial charge in [-0.25, -0.2) is 4.98 Å². The van der Waals surface area contributed by atoms with Crippen molar-refractivity contribution < 1.29 is 14.3 Å². The molecule has 7 heteroatoms. The number of nitrogens with one attached hydrogen (secondary N) is 2. The molecule has 0 unspecified atom stereocenters. The third-order valence-corrected chi connectivity index (χ3v) is 3.74. The lowest BCUT2D eigenvalue weighted by atomic mass is 10.2. The number of aromatic nitrogens is 1. The highest BCUT2D eigenvalue weighted by molar-refractivity contribution is 6.04. The molecule has 0 radical (unpaired) electrons. The van der Waals surface area contributed by atoms with Crippen molar-refractivity contribution >= 4 is 17.4 Å². The standard InChI is InChI=1S/C18H22N4O3/c1-22(2)9-3-8-19-17-7-5-14(11-20-17)21-18(23)13-4-6-15-16(10-13)25-12-24-15/h4-7,10-11H,3,8-9,12H2,1-2H3,(H,19,20)(H,21,23). The molecule has 0 aliphatic carbocycles. The minimum atomic E-state index is -0.216. The number of nitrogens with zero attached hydrogens (tertiary/aromatic N) is 2. The summed E-state index contributed by atoms with van der Waals surface area (Å²) in [4.78, 5) is 18.8. The van der Waals surface area contributed by atoms with Gasteiger partial charge in [-0.2, -0.15) is 0 Å². The normalized spacial score (nSPS) is 12.3. The molecule has 1 aromatic carbocycles. The smallest absolute Gasteiger partial charge is 0.255 e. The highest BCUT2D eigenvalue weighted by Gasteiger charge is 2.16. The third-order valence-electron chi connectivity index (χ3n) is 3.74. The third kappa shape index (κ3) is 4.60. The molecule has 1 aliphatic rings. The largest absolute Gasteiger partial charge is 0.454 e.